The number of nitrogens with two attached hydrogens (primary N) is 1. The van der Waals surface area contributed by atoms with Gasteiger partial charge in [0, 0.05) is 5.56 Å². The van der Waals surface area contributed by atoms with Gasteiger partial charge in [-0.05, 0) is 12.5 Å². The van der Waals surface area contributed by atoms with E-state index in [2.05, 4.69) is 10.3 Å². The standard InChI is InChI=1S/C13H16F2N4/c1-2-4-11(16)12-8-19(18-17-12)7-9-5-3-6-10(14)13(9)15/h3,5-6,8,11H,2,4,7,16H2,1H3. The second-order valence-corrected chi connectivity index (χ2v) is 4.45. The number of benzene rings is 1. The van der Waals surface area contributed by atoms with Gasteiger partial charge in [0.2, 0.25) is 0 Å². The van der Waals surface area contributed by atoms with Crippen molar-refractivity contribution >= 4 is 0 Å². The molecule has 0 spiro atoms. The van der Waals surface area contributed by atoms with Gasteiger partial charge in [-0.3, -0.25) is 0 Å². The summed E-state index contributed by atoms with van der Waals surface area (Å²) < 4.78 is 28.0. The number of rotatable bonds is 5. The van der Waals surface area contributed by atoms with Crippen LogP contribution in [-0.4, -0.2) is 15.0 Å². The van der Waals surface area contributed by atoms with Crippen molar-refractivity contribution in [2.45, 2.75) is 32.4 Å². The highest BCUT2D eigenvalue weighted by Crippen LogP contribution is 2.15. The van der Waals surface area contributed by atoms with E-state index < -0.39 is 11.6 Å². The lowest BCUT2D eigenvalue weighted by molar-refractivity contribution is 0.490. The molecule has 6 heteroatoms. The third-order valence-corrected chi connectivity index (χ3v) is 2.90. The topological polar surface area (TPSA) is 56.7 Å². The molecule has 1 heterocycles. The first kappa shape index (κ1) is 13.6. The van der Waals surface area contributed by atoms with Crippen LogP contribution in [0.4, 0.5) is 8.78 Å². The summed E-state index contributed by atoms with van der Waals surface area (Å²) in [5, 5.41) is 7.84. The Balaban J connectivity index is 2.14. The predicted molar refractivity (Wildman–Crippen MR) is 67.3 cm³/mol. The van der Waals surface area contributed by atoms with Crippen molar-refractivity contribution < 1.29 is 8.78 Å². The maximum Gasteiger partial charge on any atom is 0.163 e. The second kappa shape index (κ2) is 5.88. The summed E-state index contributed by atoms with van der Waals surface area (Å²) >= 11 is 0. The van der Waals surface area contributed by atoms with Crippen molar-refractivity contribution in [3.8, 4) is 0 Å². The van der Waals surface area contributed by atoms with E-state index >= 15 is 0 Å². The lowest BCUT2D eigenvalue weighted by atomic mass is 10.1. The van der Waals surface area contributed by atoms with Crippen molar-refractivity contribution in [1.29, 1.82) is 0 Å². The van der Waals surface area contributed by atoms with Gasteiger partial charge in [-0.15, -0.1) is 5.10 Å². The number of hydrogen-bond donors (Lipinski definition) is 1. The largest absolute Gasteiger partial charge is 0.323 e. The van der Waals surface area contributed by atoms with Crippen molar-refractivity contribution in [2.75, 3.05) is 0 Å². The van der Waals surface area contributed by atoms with Crippen LogP contribution in [0, 0.1) is 11.6 Å². The average molecular weight is 266 g/mol. The molecule has 0 saturated carbocycles. The van der Waals surface area contributed by atoms with Crippen molar-refractivity contribution in [2.24, 2.45) is 5.73 Å². The summed E-state index contributed by atoms with van der Waals surface area (Å²) in [5.41, 5.74) is 6.82. The Morgan fingerprint density at radius 2 is 2.16 bits per heavy atom. The van der Waals surface area contributed by atoms with Crippen LogP contribution >= 0.6 is 0 Å². The summed E-state index contributed by atoms with van der Waals surface area (Å²) in [6.45, 7) is 2.17. The highest BCUT2D eigenvalue weighted by atomic mass is 19.2. The Bertz CT molecular complexity index is 553. The van der Waals surface area contributed by atoms with Crippen LogP contribution in [0.1, 0.15) is 37.1 Å². The normalized spacial score (nSPS) is 12.6. The van der Waals surface area contributed by atoms with Gasteiger partial charge in [0.1, 0.15) is 0 Å². The van der Waals surface area contributed by atoms with E-state index in [4.69, 9.17) is 5.73 Å². The molecular formula is C13H16F2N4. The molecule has 0 radical (unpaired) electrons. The monoisotopic (exact) mass is 266 g/mol. The summed E-state index contributed by atoms with van der Waals surface area (Å²) in [7, 11) is 0. The Morgan fingerprint density at radius 1 is 1.37 bits per heavy atom. The lowest BCUT2D eigenvalue weighted by Crippen LogP contribution is -2.10. The molecule has 1 aromatic carbocycles. The van der Waals surface area contributed by atoms with Crippen LogP contribution < -0.4 is 5.73 Å². The molecule has 1 aromatic heterocycles. The van der Waals surface area contributed by atoms with E-state index in [1.807, 2.05) is 6.92 Å². The third kappa shape index (κ3) is 3.14. The molecule has 1 unspecified atom stereocenters. The van der Waals surface area contributed by atoms with Crippen LogP contribution in [0.15, 0.2) is 24.4 Å². The fraction of sp³-hybridized carbons (Fsp3) is 0.385. The Kier molecular flexibility index (Phi) is 4.21. The number of hydrogen-bond acceptors (Lipinski definition) is 3. The molecule has 0 saturated heterocycles. The zero-order valence-electron chi connectivity index (χ0n) is 10.7. The molecule has 2 aromatic rings. The van der Waals surface area contributed by atoms with Gasteiger partial charge in [0.25, 0.3) is 0 Å². The van der Waals surface area contributed by atoms with Crippen LogP contribution in [-0.2, 0) is 6.54 Å². The first-order chi connectivity index (χ1) is 9.11. The predicted octanol–water partition coefficient (Wildman–Crippen LogP) is 2.40. The first-order valence-electron chi connectivity index (χ1n) is 6.20. The fourth-order valence-corrected chi connectivity index (χ4v) is 1.86. The molecule has 0 aliphatic heterocycles. The molecule has 0 fully saturated rings. The smallest absolute Gasteiger partial charge is 0.163 e. The van der Waals surface area contributed by atoms with Crippen LogP contribution in [0.2, 0.25) is 0 Å². The van der Waals surface area contributed by atoms with Crippen molar-refractivity contribution in [3.63, 3.8) is 0 Å². The summed E-state index contributed by atoms with van der Waals surface area (Å²) in [6.07, 6.45) is 3.43. The van der Waals surface area contributed by atoms with E-state index in [0.29, 0.717) is 5.69 Å². The zero-order chi connectivity index (χ0) is 13.8. The second-order valence-electron chi connectivity index (χ2n) is 4.45. The molecule has 0 aliphatic carbocycles. The molecule has 19 heavy (non-hydrogen) atoms. The molecule has 0 aliphatic rings. The quantitative estimate of drug-likeness (QED) is 0.904. The van der Waals surface area contributed by atoms with E-state index in [-0.39, 0.29) is 18.2 Å². The fourth-order valence-electron chi connectivity index (χ4n) is 1.86. The number of halogens is 2. The van der Waals surface area contributed by atoms with Gasteiger partial charge >= 0.3 is 0 Å². The first-order valence-corrected chi connectivity index (χ1v) is 6.20. The highest BCUT2D eigenvalue weighted by Gasteiger charge is 2.12. The Hall–Kier alpha value is -1.82. The highest BCUT2D eigenvalue weighted by molar-refractivity contribution is 5.19. The van der Waals surface area contributed by atoms with Crippen LogP contribution in [0.3, 0.4) is 0 Å². The maximum absolute atomic E-state index is 13.5. The van der Waals surface area contributed by atoms with E-state index in [1.165, 1.54) is 16.8 Å². The molecule has 2 N–H and O–H groups in total. The van der Waals surface area contributed by atoms with E-state index in [1.54, 1.807) is 6.20 Å². The SMILES string of the molecule is CCCC(N)c1cn(Cc2cccc(F)c2F)nn1. The molecular weight excluding hydrogens is 250 g/mol. The van der Waals surface area contributed by atoms with E-state index in [0.717, 1.165) is 18.9 Å². The number of aromatic nitrogens is 3. The van der Waals surface area contributed by atoms with E-state index in [9.17, 15) is 8.78 Å². The maximum atomic E-state index is 13.5. The summed E-state index contributed by atoms with van der Waals surface area (Å²) in [4.78, 5) is 0. The van der Waals surface area contributed by atoms with Gasteiger partial charge in [-0.25, -0.2) is 13.5 Å². The molecule has 0 bridgehead atoms. The average Bonchev–Trinajstić information content (AvgIpc) is 2.84. The molecule has 2 rings (SSSR count). The van der Waals surface area contributed by atoms with Gasteiger partial charge < -0.3 is 5.73 Å². The zero-order valence-corrected chi connectivity index (χ0v) is 10.7. The van der Waals surface area contributed by atoms with Crippen LogP contribution in [0.25, 0.3) is 0 Å². The minimum Gasteiger partial charge on any atom is -0.323 e. The van der Waals surface area contributed by atoms with Gasteiger partial charge in [0.15, 0.2) is 11.6 Å². The Labute approximate surface area is 110 Å². The van der Waals surface area contributed by atoms with Gasteiger partial charge in [0.05, 0.1) is 24.5 Å². The van der Waals surface area contributed by atoms with Gasteiger partial charge in [-0.2, -0.15) is 0 Å². The summed E-state index contributed by atoms with van der Waals surface area (Å²) in [6, 6.07) is 3.90. The molecule has 102 valence electrons. The van der Waals surface area contributed by atoms with Crippen molar-refractivity contribution in [1.82, 2.24) is 15.0 Å². The molecule has 0 amide bonds. The van der Waals surface area contributed by atoms with Gasteiger partial charge in [-0.1, -0.05) is 30.7 Å². The van der Waals surface area contributed by atoms with Crippen LogP contribution in [0.5, 0.6) is 0 Å². The number of nitrogens with zero attached hydrogens (tertiary/aromatic N) is 3. The molecule has 4 nitrogen and oxygen atoms in total. The molecule has 1 atom stereocenters. The minimum absolute atomic E-state index is 0.134. The van der Waals surface area contributed by atoms with Crippen molar-refractivity contribution in [3.05, 3.63) is 47.3 Å². The summed E-state index contributed by atoms with van der Waals surface area (Å²) in [5.74, 6) is -1.71. The minimum atomic E-state index is -0.861. The third-order valence-electron chi connectivity index (χ3n) is 2.90. The lowest BCUT2D eigenvalue weighted by Gasteiger charge is -2.05. The Morgan fingerprint density at radius 3 is 2.89 bits per heavy atom.